The molecule has 33 heavy (non-hydrogen) atoms. The van der Waals surface area contributed by atoms with Crippen LogP contribution in [0.15, 0.2) is 54.4 Å². The SMILES string of the molecule is CCCCCC1CCC(c2ccccc2C#Cc2ccc(/C(F)=C(\F)CCCC)cc2)CC1. The summed E-state index contributed by atoms with van der Waals surface area (Å²) >= 11 is 0. The van der Waals surface area contributed by atoms with Crippen LogP contribution in [0.1, 0.15) is 113 Å². The second-order valence-electron chi connectivity index (χ2n) is 9.45. The van der Waals surface area contributed by atoms with Crippen molar-refractivity contribution in [3.05, 3.63) is 76.6 Å². The van der Waals surface area contributed by atoms with E-state index in [1.807, 2.05) is 13.0 Å². The Hall–Kier alpha value is -2.40. The lowest BCUT2D eigenvalue weighted by Gasteiger charge is -2.29. The molecular formula is C31H38F2. The van der Waals surface area contributed by atoms with Gasteiger partial charge < -0.3 is 0 Å². The van der Waals surface area contributed by atoms with Crippen molar-refractivity contribution in [3.8, 4) is 11.8 Å². The molecule has 0 aromatic heterocycles. The first kappa shape index (κ1) is 25.2. The summed E-state index contributed by atoms with van der Waals surface area (Å²) in [7, 11) is 0. The van der Waals surface area contributed by atoms with Crippen molar-refractivity contribution in [1.82, 2.24) is 0 Å². The number of hydrogen-bond donors (Lipinski definition) is 0. The third-order valence-electron chi connectivity index (χ3n) is 6.93. The van der Waals surface area contributed by atoms with Crippen molar-refractivity contribution in [1.29, 1.82) is 0 Å². The smallest absolute Gasteiger partial charge is 0.161 e. The summed E-state index contributed by atoms with van der Waals surface area (Å²) in [6.07, 6.45) is 12.2. The van der Waals surface area contributed by atoms with Gasteiger partial charge >= 0.3 is 0 Å². The highest BCUT2D eigenvalue weighted by Gasteiger charge is 2.23. The van der Waals surface area contributed by atoms with Crippen LogP contribution in [0.4, 0.5) is 8.78 Å². The lowest BCUT2D eigenvalue weighted by atomic mass is 9.76. The van der Waals surface area contributed by atoms with Crippen LogP contribution in [-0.4, -0.2) is 0 Å². The predicted octanol–water partition coefficient (Wildman–Crippen LogP) is 9.74. The van der Waals surface area contributed by atoms with Crippen LogP contribution >= 0.6 is 0 Å². The molecule has 1 aliphatic carbocycles. The summed E-state index contributed by atoms with van der Waals surface area (Å²) in [6, 6.07) is 15.3. The number of benzene rings is 2. The topological polar surface area (TPSA) is 0 Å². The van der Waals surface area contributed by atoms with E-state index in [0.717, 1.165) is 23.5 Å². The molecule has 0 N–H and O–H groups in total. The van der Waals surface area contributed by atoms with E-state index in [9.17, 15) is 8.78 Å². The Morgan fingerprint density at radius 1 is 0.818 bits per heavy atom. The Labute approximate surface area is 199 Å². The minimum Gasteiger partial charge on any atom is -0.209 e. The van der Waals surface area contributed by atoms with Crippen molar-refractivity contribution in [3.63, 3.8) is 0 Å². The van der Waals surface area contributed by atoms with Gasteiger partial charge in [0.25, 0.3) is 0 Å². The third-order valence-corrected chi connectivity index (χ3v) is 6.93. The molecule has 0 atom stereocenters. The molecule has 0 heterocycles. The fourth-order valence-electron chi connectivity index (χ4n) is 4.85. The normalized spacial score (nSPS) is 18.9. The summed E-state index contributed by atoms with van der Waals surface area (Å²) in [4.78, 5) is 0. The number of halogens is 2. The highest BCUT2D eigenvalue weighted by Crippen LogP contribution is 2.38. The molecule has 1 saturated carbocycles. The summed E-state index contributed by atoms with van der Waals surface area (Å²) < 4.78 is 28.2. The van der Waals surface area contributed by atoms with Crippen molar-refractivity contribution in [2.75, 3.05) is 0 Å². The first-order chi connectivity index (χ1) is 16.1. The highest BCUT2D eigenvalue weighted by atomic mass is 19.2. The van der Waals surface area contributed by atoms with Crippen molar-refractivity contribution in [2.24, 2.45) is 5.92 Å². The summed E-state index contributed by atoms with van der Waals surface area (Å²) in [5, 5.41) is 0. The Morgan fingerprint density at radius 2 is 1.52 bits per heavy atom. The maximum Gasteiger partial charge on any atom is 0.161 e. The average molecular weight is 449 g/mol. The number of unbranched alkanes of at least 4 members (excludes halogenated alkanes) is 3. The van der Waals surface area contributed by atoms with Crippen LogP contribution < -0.4 is 0 Å². The van der Waals surface area contributed by atoms with Gasteiger partial charge in [-0.2, -0.15) is 0 Å². The Balaban J connectivity index is 1.66. The van der Waals surface area contributed by atoms with Gasteiger partial charge in [-0.1, -0.05) is 88.1 Å². The Morgan fingerprint density at radius 3 is 2.21 bits per heavy atom. The van der Waals surface area contributed by atoms with E-state index in [0.29, 0.717) is 12.3 Å². The molecule has 3 rings (SSSR count). The number of hydrogen-bond acceptors (Lipinski definition) is 0. The second-order valence-corrected chi connectivity index (χ2v) is 9.45. The van der Waals surface area contributed by atoms with E-state index in [-0.39, 0.29) is 12.0 Å². The van der Waals surface area contributed by atoms with Gasteiger partial charge in [0.1, 0.15) is 5.83 Å². The van der Waals surface area contributed by atoms with Crippen LogP contribution in [0, 0.1) is 17.8 Å². The molecule has 0 radical (unpaired) electrons. The standard InChI is InChI=1S/C31H38F2/c1-3-5-7-10-24-14-20-27(21-15-24)29-12-9-8-11-26(29)19-16-25-17-22-28(23-18-25)31(33)30(32)13-6-4-2/h8-9,11-12,17-18,22-24,27H,3-7,10,13-15,20-21H2,1-2H3/b31-30+. The number of rotatable bonds is 9. The molecule has 1 aliphatic rings. The van der Waals surface area contributed by atoms with E-state index in [4.69, 9.17) is 0 Å². The molecule has 2 aromatic carbocycles. The maximum absolute atomic E-state index is 14.3. The van der Waals surface area contributed by atoms with Crippen molar-refractivity contribution >= 4 is 5.83 Å². The van der Waals surface area contributed by atoms with Gasteiger partial charge in [-0.3, -0.25) is 0 Å². The summed E-state index contributed by atoms with van der Waals surface area (Å²) in [5.41, 5.74) is 3.55. The average Bonchev–Trinajstić information content (AvgIpc) is 2.86. The molecule has 0 bridgehead atoms. The Bertz CT molecular complexity index is 950. The van der Waals surface area contributed by atoms with Gasteiger partial charge in [-0.05, 0) is 67.7 Å². The largest absolute Gasteiger partial charge is 0.209 e. The molecule has 0 amide bonds. The van der Waals surface area contributed by atoms with E-state index in [1.54, 1.807) is 24.3 Å². The molecule has 2 aromatic rings. The number of allylic oxidation sites excluding steroid dienone is 1. The third kappa shape index (κ3) is 7.56. The maximum atomic E-state index is 14.3. The summed E-state index contributed by atoms with van der Waals surface area (Å²) in [6.45, 7) is 4.24. The zero-order valence-electron chi connectivity index (χ0n) is 20.3. The zero-order valence-corrected chi connectivity index (χ0v) is 20.3. The first-order valence-electron chi connectivity index (χ1n) is 12.9. The predicted molar refractivity (Wildman–Crippen MR) is 136 cm³/mol. The minimum atomic E-state index is -0.751. The van der Waals surface area contributed by atoms with Crippen LogP contribution in [-0.2, 0) is 0 Å². The van der Waals surface area contributed by atoms with E-state index < -0.39 is 11.7 Å². The molecule has 2 heteroatoms. The summed E-state index contributed by atoms with van der Waals surface area (Å²) in [5.74, 6) is 6.65. The molecule has 0 aliphatic heterocycles. The molecule has 0 spiro atoms. The van der Waals surface area contributed by atoms with Crippen LogP contribution in [0.5, 0.6) is 0 Å². The zero-order chi connectivity index (χ0) is 23.5. The van der Waals surface area contributed by atoms with Crippen LogP contribution in [0.25, 0.3) is 5.83 Å². The van der Waals surface area contributed by atoms with Crippen LogP contribution in [0.3, 0.4) is 0 Å². The van der Waals surface area contributed by atoms with Gasteiger partial charge in [0.15, 0.2) is 5.83 Å². The quantitative estimate of drug-likeness (QED) is 0.264. The lowest BCUT2D eigenvalue weighted by molar-refractivity contribution is 0.302. The minimum absolute atomic E-state index is 0.154. The second kappa shape index (κ2) is 13.3. The molecular weight excluding hydrogens is 410 g/mol. The van der Waals surface area contributed by atoms with Crippen LogP contribution in [0.2, 0.25) is 0 Å². The first-order valence-corrected chi connectivity index (χ1v) is 12.9. The van der Waals surface area contributed by atoms with Crippen molar-refractivity contribution in [2.45, 2.75) is 90.4 Å². The van der Waals surface area contributed by atoms with E-state index >= 15 is 0 Å². The Kier molecular flexibility index (Phi) is 10.2. The van der Waals surface area contributed by atoms with Gasteiger partial charge in [-0.15, -0.1) is 0 Å². The van der Waals surface area contributed by atoms with E-state index in [2.05, 4.69) is 37.0 Å². The van der Waals surface area contributed by atoms with Gasteiger partial charge in [0.05, 0.1) is 0 Å². The molecule has 0 unspecified atom stereocenters. The molecule has 1 fully saturated rings. The fourth-order valence-corrected chi connectivity index (χ4v) is 4.85. The fraction of sp³-hybridized carbons (Fsp3) is 0.484. The molecule has 0 nitrogen and oxygen atoms in total. The lowest BCUT2D eigenvalue weighted by Crippen LogP contribution is -2.14. The molecule has 176 valence electrons. The monoisotopic (exact) mass is 448 g/mol. The van der Waals surface area contributed by atoms with Gasteiger partial charge in [0.2, 0.25) is 0 Å². The van der Waals surface area contributed by atoms with Gasteiger partial charge in [-0.25, -0.2) is 8.78 Å². The van der Waals surface area contributed by atoms with E-state index in [1.165, 1.54) is 56.9 Å². The van der Waals surface area contributed by atoms with Gasteiger partial charge in [0, 0.05) is 23.1 Å². The van der Waals surface area contributed by atoms with Crippen molar-refractivity contribution < 1.29 is 8.78 Å². The highest BCUT2D eigenvalue weighted by molar-refractivity contribution is 5.62. The molecule has 0 saturated heterocycles.